The van der Waals surface area contributed by atoms with Crippen molar-refractivity contribution in [1.82, 2.24) is 0 Å². The summed E-state index contributed by atoms with van der Waals surface area (Å²) < 4.78 is 5.34. The van der Waals surface area contributed by atoms with Gasteiger partial charge in [-0.2, -0.15) is 0 Å². The smallest absolute Gasteiger partial charge is 0.343 e. The van der Waals surface area contributed by atoms with Gasteiger partial charge < -0.3 is 4.74 Å². The van der Waals surface area contributed by atoms with Crippen molar-refractivity contribution in [2.75, 3.05) is 0 Å². The molecule has 0 aliphatic carbocycles. The molecule has 3 nitrogen and oxygen atoms in total. The third-order valence-electron chi connectivity index (χ3n) is 3.57. The highest BCUT2D eigenvalue weighted by Crippen LogP contribution is 2.16. The summed E-state index contributed by atoms with van der Waals surface area (Å²) >= 11 is 5.81. The number of ether oxygens (including phenoxy) is 1. The van der Waals surface area contributed by atoms with E-state index in [4.69, 9.17) is 16.3 Å². The predicted octanol–water partition coefficient (Wildman–Crippen LogP) is 5.62. The Morgan fingerprint density at radius 2 is 1.56 bits per heavy atom. The zero-order valence-corrected chi connectivity index (χ0v) is 14.4. The van der Waals surface area contributed by atoms with E-state index in [0.717, 1.165) is 11.3 Å². The second kappa shape index (κ2) is 7.77. The molecule has 0 aliphatic rings. The van der Waals surface area contributed by atoms with Crippen LogP contribution >= 0.6 is 11.6 Å². The summed E-state index contributed by atoms with van der Waals surface area (Å²) in [7, 11) is 0. The van der Waals surface area contributed by atoms with E-state index in [0.29, 0.717) is 16.3 Å². The number of nitrogens with zero attached hydrogens (tertiary/aromatic N) is 1. The lowest BCUT2D eigenvalue weighted by Gasteiger charge is -2.04. The number of aryl methyl sites for hydroxylation is 1. The molecule has 0 aliphatic heterocycles. The van der Waals surface area contributed by atoms with E-state index in [1.807, 2.05) is 43.3 Å². The molecule has 0 saturated heterocycles. The fourth-order valence-electron chi connectivity index (χ4n) is 2.15. The molecule has 0 bridgehead atoms. The highest BCUT2D eigenvalue weighted by molar-refractivity contribution is 6.30. The number of halogens is 1. The summed E-state index contributed by atoms with van der Waals surface area (Å²) in [5.41, 5.74) is 3.47. The molecule has 0 fully saturated rings. The number of aliphatic imine (C=N–C) groups is 1. The molecule has 3 aromatic carbocycles. The second-order valence-corrected chi connectivity index (χ2v) is 6.00. The molecule has 0 saturated carbocycles. The SMILES string of the molecule is Cc1ccc(N=Cc2ccc(OC(=O)c3ccc(Cl)cc3)cc2)cc1. The van der Waals surface area contributed by atoms with Crippen LogP contribution in [-0.4, -0.2) is 12.2 Å². The summed E-state index contributed by atoms with van der Waals surface area (Å²) in [6.07, 6.45) is 1.77. The first-order chi connectivity index (χ1) is 12.1. The third-order valence-corrected chi connectivity index (χ3v) is 3.82. The lowest BCUT2D eigenvalue weighted by Crippen LogP contribution is -2.08. The number of benzene rings is 3. The van der Waals surface area contributed by atoms with E-state index < -0.39 is 5.97 Å². The van der Waals surface area contributed by atoms with Gasteiger partial charge >= 0.3 is 5.97 Å². The number of carbonyl (C=O) groups excluding carboxylic acids is 1. The Morgan fingerprint density at radius 1 is 0.920 bits per heavy atom. The van der Waals surface area contributed by atoms with Crippen LogP contribution in [0.4, 0.5) is 5.69 Å². The fourth-order valence-corrected chi connectivity index (χ4v) is 2.28. The second-order valence-electron chi connectivity index (χ2n) is 5.56. The summed E-state index contributed by atoms with van der Waals surface area (Å²) in [5, 5.41) is 0.578. The van der Waals surface area contributed by atoms with Gasteiger partial charge in [0.05, 0.1) is 11.3 Å². The number of esters is 1. The number of hydrogen-bond acceptors (Lipinski definition) is 3. The Kier molecular flexibility index (Phi) is 5.26. The fraction of sp³-hybridized carbons (Fsp3) is 0.0476. The van der Waals surface area contributed by atoms with Crippen LogP contribution in [0.2, 0.25) is 5.02 Å². The highest BCUT2D eigenvalue weighted by Gasteiger charge is 2.08. The van der Waals surface area contributed by atoms with Gasteiger partial charge in [0.15, 0.2) is 0 Å². The first kappa shape index (κ1) is 16.9. The van der Waals surface area contributed by atoms with Crippen LogP contribution in [0.1, 0.15) is 21.5 Å². The van der Waals surface area contributed by atoms with E-state index in [9.17, 15) is 4.79 Å². The standard InChI is InChI=1S/C21H16ClNO2/c1-15-2-10-19(11-3-15)23-14-16-4-12-20(13-5-16)25-21(24)17-6-8-18(22)9-7-17/h2-14H,1H3. The van der Waals surface area contributed by atoms with Crippen molar-refractivity contribution >= 4 is 29.5 Å². The molecule has 0 radical (unpaired) electrons. The average molecular weight is 350 g/mol. The van der Waals surface area contributed by atoms with Crippen LogP contribution < -0.4 is 4.74 Å². The highest BCUT2D eigenvalue weighted by atomic mass is 35.5. The van der Waals surface area contributed by atoms with Crippen LogP contribution in [0.3, 0.4) is 0 Å². The summed E-state index contributed by atoms with van der Waals surface area (Å²) in [6.45, 7) is 2.04. The van der Waals surface area contributed by atoms with Crippen molar-refractivity contribution in [2.24, 2.45) is 4.99 Å². The normalized spacial score (nSPS) is 10.8. The van der Waals surface area contributed by atoms with E-state index >= 15 is 0 Å². The third kappa shape index (κ3) is 4.78. The largest absolute Gasteiger partial charge is 0.423 e. The van der Waals surface area contributed by atoms with E-state index in [1.165, 1.54) is 5.56 Å². The van der Waals surface area contributed by atoms with Gasteiger partial charge in [-0.3, -0.25) is 4.99 Å². The topological polar surface area (TPSA) is 38.7 Å². The van der Waals surface area contributed by atoms with Gasteiger partial charge in [-0.1, -0.05) is 29.3 Å². The molecule has 0 N–H and O–H groups in total. The number of rotatable bonds is 4. The molecule has 4 heteroatoms. The average Bonchev–Trinajstić information content (AvgIpc) is 2.63. The Morgan fingerprint density at radius 3 is 2.20 bits per heavy atom. The summed E-state index contributed by atoms with van der Waals surface area (Å²) in [5.74, 6) is 0.0603. The Labute approximate surface area is 151 Å². The minimum absolute atomic E-state index is 0.419. The van der Waals surface area contributed by atoms with Crippen LogP contribution in [0.15, 0.2) is 77.8 Å². The molecule has 3 aromatic rings. The van der Waals surface area contributed by atoms with Gasteiger partial charge in [-0.15, -0.1) is 0 Å². The molecule has 0 unspecified atom stereocenters. The lowest BCUT2D eigenvalue weighted by molar-refractivity contribution is 0.0735. The van der Waals surface area contributed by atoms with Crippen molar-refractivity contribution in [3.63, 3.8) is 0 Å². The van der Waals surface area contributed by atoms with Crippen molar-refractivity contribution in [3.05, 3.63) is 94.5 Å². The van der Waals surface area contributed by atoms with Crippen LogP contribution in [0.5, 0.6) is 5.75 Å². The summed E-state index contributed by atoms with van der Waals surface area (Å²) in [6, 6.07) is 21.7. The van der Waals surface area contributed by atoms with E-state index in [2.05, 4.69) is 4.99 Å². The molecule has 25 heavy (non-hydrogen) atoms. The maximum atomic E-state index is 12.1. The molecule has 0 spiro atoms. The van der Waals surface area contributed by atoms with Crippen molar-refractivity contribution in [2.45, 2.75) is 6.92 Å². The lowest BCUT2D eigenvalue weighted by atomic mass is 10.2. The maximum Gasteiger partial charge on any atom is 0.343 e. The van der Waals surface area contributed by atoms with Crippen molar-refractivity contribution < 1.29 is 9.53 Å². The molecule has 0 aromatic heterocycles. The monoisotopic (exact) mass is 349 g/mol. The van der Waals surface area contributed by atoms with Gasteiger partial charge in [0.25, 0.3) is 0 Å². The molecule has 0 amide bonds. The maximum absolute atomic E-state index is 12.1. The first-order valence-corrected chi connectivity index (χ1v) is 8.16. The van der Waals surface area contributed by atoms with Crippen LogP contribution in [-0.2, 0) is 0 Å². The van der Waals surface area contributed by atoms with Crippen molar-refractivity contribution in [3.8, 4) is 5.75 Å². The first-order valence-electron chi connectivity index (χ1n) is 7.79. The Balaban J connectivity index is 1.64. The predicted molar refractivity (Wildman–Crippen MR) is 101 cm³/mol. The summed E-state index contributed by atoms with van der Waals surface area (Å²) in [4.78, 5) is 16.5. The molecular weight excluding hydrogens is 334 g/mol. The van der Waals surface area contributed by atoms with Crippen LogP contribution in [0.25, 0.3) is 0 Å². The zero-order valence-electron chi connectivity index (χ0n) is 13.6. The van der Waals surface area contributed by atoms with Crippen molar-refractivity contribution in [1.29, 1.82) is 0 Å². The van der Waals surface area contributed by atoms with E-state index in [-0.39, 0.29) is 0 Å². The molecule has 0 heterocycles. The molecule has 124 valence electrons. The van der Waals surface area contributed by atoms with Gasteiger partial charge in [0.2, 0.25) is 0 Å². The van der Waals surface area contributed by atoms with Crippen LogP contribution in [0, 0.1) is 6.92 Å². The quantitative estimate of drug-likeness (QED) is 0.348. The van der Waals surface area contributed by atoms with Gasteiger partial charge in [-0.05, 0) is 73.2 Å². The minimum atomic E-state index is -0.419. The Bertz CT molecular complexity index is 883. The number of carbonyl (C=O) groups is 1. The van der Waals surface area contributed by atoms with Gasteiger partial charge in [0, 0.05) is 11.2 Å². The Hall–Kier alpha value is -2.91. The van der Waals surface area contributed by atoms with E-state index in [1.54, 1.807) is 42.6 Å². The minimum Gasteiger partial charge on any atom is -0.423 e. The molecule has 0 atom stereocenters. The molecular formula is C21H16ClNO2. The van der Waals surface area contributed by atoms with Gasteiger partial charge in [0.1, 0.15) is 5.75 Å². The zero-order chi connectivity index (χ0) is 17.6. The number of hydrogen-bond donors (Lipinski definition) is 0. The van der Waals surface area contributed by atoms with Gasteiger partial charge in [-0.25, -0.2) is 4.79 Å². The molecule has 3 rings (SSSR count).